The Balaban J connectivity index is 1.83. The first-order valence-electron chi connectivity index (χ1n) is 10.3. The molecule has 0 bridgehead atoms. The number of anilines is 1. The summed E-state index contributed by atoms with van der Waals surface area (Å²) in [6.07, 6.45) is 14.6. The lowest BCUT2D eigenvalue weighted by molar-refractivity contribution is 0.336. The molecule has 6 nitrogen and oxygen atoms in total. The number of allylic oxidation sites excluding steroid dienone is 2. The van der Waals surface area contributed by atoms with E-state index in [1.165, 1.54) is 31.5 Å². The molecule has 0 amide bonds. The van der Waals surface area contributed by atoms with Gasteiger partial charge in [0.05, 0.1) is 17.6 Å². The molecule has 1 aliphatic rings. The molecule has 0 atom stereocenters. The Labute approximate surface area is 185 Å². The summed E-state index contributed by atoms with van der Waals surface area (Å²) in [6, 6.07) is 3.35. The van der Waals surface area contributed by atoms with Gasteiger partial charge in [-0.15, -0.1) is 11.8 Å². The van der Waals surface area contributed by atoms with Gasteiger partial charge in [-0.05, 0) is 31.2 Å². The van der Waals surface area contributed by atoms with Crippen LogP contribution in [0.5, 0.6) is 0 Å². The minimum Gasteiger partial charge on any atom is -0.339 e. The summed E-state index contributed by atoms with van der Waals surface area (Å²) in [5.41, 5.74) is 2.00. The van der Waals surface area contributed by atoms with Gasteiger partial charge in [-0.2, -0.15) is 9.49 Å². The Morgan fingerprint density at radius 3 is 2.81 bits per heavy atom. The third kappa shape index (κ3) is 4.54. The first-order chi connectivity index (χ1) is 15.1. The van der Waals surface area contributed by atoms with Crippen LogP contribution in [0.25, 0.3) is 22.4 Å². The van der Waals surface area contributed by atoms with Crippen LogP contribution in [0.15, 0.2) is 60.4 Å². The molecule has 3 aromatic heterocycles. The lowest BCUT2D eigenvalue weighted by Gasteiger charge is -2.22. The Morgan fingerprint density at radius 2 is 2.10 bits per heavy atom. The lowest BCUT2D eigenvalue weighted by atomic mass is 9.96. The highest BCUT2D eigenvalue weighted by Crippen LogP contribution is 2.33. The van der Waals surface area contributed by atoms with Crippen LogP contribution in [0.3, 0.4) is 0 Å². The molecular formula is C23H25FN6S. The van der Waals surface area contributed by atoms with E-state index in [-0.39, 0.29) is 0 Å². The van der Waals surface area contributed by atoms with Crippen LogP contribution < -0.4 is 5.32 Å². The van der Waals surface area contributed by atoms with E-state index in [0.717, 1.165) is 28.8 Å². The fourth-order valence-electron chi connectivity index (χ4n) is 3.89. The number of thioether (sulfide) groups is 1. The minimum absolute atomic E-state index is 0.307. The zero-order chi connectivity index (χ0) is 21.8. The molecule has 1 fully saturated rings. The highest BCUT2D eigenvalue weighted by atomic mass is 32.2. The predicted molar refractivity (Wildman–Crippen MR) is 125 cm³/mol. The highest BCUT2D eigenvalue weighted by Gasteiger charge is 2.22. The number of rotatable bonds is 7. The molecule has 0 unspecified atom stereocenters. The number of pyridine rings is 1. The van der Waals surface area contributed by atoms with E-state index < -0.39 is 5.95 Å². The Kier molecular flexibility index (Phi) is 6.46. The maximum atomic E-state index is 13.8. The van der Waals surface area contributed by atoms with E-state index >= 15 is 0 Å². The first kappa shape index (κ1) is 21.2. The maximum absolute atomic E-state index is 13.8. The number of nitrogens with one attached hydrogen (secondary N) is 1. The molecule has 0 saturated heterocycles. The third-order valence-corrected chi connectivity index (χ3v) is 6.24. The molecule has 0 spiro atoms. The summed E-state index contributed by atoms with van der Waals surface area (Å²) < 4.78 is 15.8. The third-order valence-electron chi connectivity index (χ3n) is 5.41. The molecule has 0 aliphatic heterocycles. The molecular weight excluding hydrogens is 411 g/mol. The zero-order valence-corrected chi connectivity index (χ0v) is 18.3. The minimum atomic E-state index is -0.570. The molecule has 8 heteroatoms. The standard InChI is InChI=1S/C23H25FN6S/c1-4-8-19(31-3)15(2)27-22-18-14-26-30(17-9-6-5-7-10-17)23(18)29-21(28-22)16-11-12-25-20(24)13-16/h4,8,11-14,17H,1-2,5-7,9-10H2,3H3,(H,27,28,29)/b19-8-. The second-order valence-electron chi connectivity index (χ2n) is 7.46. The van der Waals surface area contributed by atoms with Gasteiger partial charge in [0.1, 0.15) is 5.82 Å². The van der Waals surface area contributed by atoms with Gasteiger partial charge < -0.3 is 5.32 Å². The second kappa shape index (κ2) is 9.43. The summed E-state index contributed by atoms with van der Waals surface area (Å²) >= 11 is 1.56. The van der Waals surface area contributed by atoms with E-state index in [2.05, 4.69) is 28.6 Å². The normalized spacial score (nSPS) is 15.2. The molecule has 3 aromatic rings. The average Bonchev–Trinajstić information content (AvgIpc) is 3.22. The van der Waals surface area contributed by atoms with Crippen LogP contribution in [0.4, 0.5) is 10.2 Å². The number of hydrogen-bond acceptors (Lipinski definition) is 6. The van der Waals surface area contributed by atoms with Gasteiger partial charge >= 0.3 is 0 Å². The number of hydrogen-bond donors (Lipinski definition) is 1. The van der Waals surface area contributed by atoms with Crippen molar-refractivity contribution in [2.75, 3.05) is 11.6 Å². The second-order valence-corrected chi connectivity index (χ2v) is 8.30. The van der Waals surface area contributed by atoms with Gasteiger partial charge in [-0.25, -0.2) is 19.6 Å². The summed E-state index contributed by atoms with van der Waals surface area (Å²) in [5, 5.41) is 8.79. The zero-order valence-electron chi connectivity index (χ0n) is 17.5. The summed E-state index contributed by atoms with van der Waals surface area (Å²) in [7, 11) is 0. The molecule has 1 aliphatic carbocycles. The van der Waals surface area contributed by atoms with Crippen molar-refractivity contribution < 1.29 is 4.39 Å². The quantitative estimate of drug-likeness (QED) is 0.368. The molecule has 3 heterocycles. The lowest BCUT2D eigenvalue weighted by Crippen LogP contribution is -2.15. The van der Waals surface area contributed by atoms with Crippen LogP contribution in [0, 0.1) is 5.95 Å². The number of fused-ring (bicyclic) bond motifs is 1. The van der Waals surface area contributed by atoms with Gasteiger partial charge in [-0.3, -0.25) is 0 Å². The van der Waals surface area contributed by atoms with E-state index in [0.29, 0.717) is 28.9 Å². The average molecular weight is 437 g/mol. The Morgan fingerprint density at radius 1 is 1.29 bits per heavy atom. The van der Waals surface area contributed by atoms with Crippen LogP contribution in [-0.4, -0.2) is 31.0 Å². The summed E-state index contributed by atoms with van der Waals surface area (Å²) in [4.78, 5) is 14.1. The van der Waals surface area contributed by atoms with E-state index in [9.17, 15) is 4.39 Å². The molecule has 0 aromatic carbocycles. The van der Waals surface area contributed by atoms with Crippen LogP contribution >= 0.6 is 11.8 Å². The van der Waals surface area contributed by atoms with Crippen molar-refractivity contribution in [3.8, 4) is 11.4 Å². The van der Waals surface area contributed by atoms with E-state index in [1.807, 2.05) is 17.0 Å². The van der Waals surface area contributed by atoms with Gasteiger partial charge in [-0.1, -0.05) is 38.5 Å². The monoisotopic (exact) mass is 436 g/mol. The summed E-state index contributed by atoms with van der Waals surface area (Å²) in [6.45, 7) is 7.92. The van der Waals surface area contributed by atoms with Gasteiger partial charge in [0, 0.05) is 28.4 Å². The molecule has 0 radical (unpaired) electrons. The number of aromatic nitrogens is 5. The van der Waals surface area contributed by atoms with Crippen molar-refractivity contribution in [2.45, 2.75) is 38.1 Å². The van der Waals surface area contributed by atoms with Crippen molar-refractivity contribution in [3.63, 3.8) is 0 Å². The maximum Gasteiger partial charge on any atom is 0.213 e. The van der Waals surface area contributed by atoms with Crippen molar-refractivity contribution in [1.29, 1.82) is 0 Å². The van der Waals surface area contributed by atoms with E-state index in [1.54, 1.807) is 30.1 Å². The van der Waals surface area contributed by atoms with Crippen LogP contribution in [0.1, 0.15) is 38.1 Å². The Bertz CT molecular complexity index is 1150. The molecule has 160 valence electrons. The smallest absolute Gasteiger partial charge is 0.213 e. The fourth-order valence-corrected chi connectivity index (χ4v) is 4.42. The van der Waals surface area contributed by atoms with Gasteiger partial charge in [0.2, 0.25) is 5.95 Å². The SMILES string of the molecule is C=C/C=C(\SC)C(=C)Nc1nc(-c2ccnc(F)c2)nc2c1cnn2C1CCCCC1. The van der Waals surface area contributed by atoms with Crippen molar-refractivity contribution in [3.05, 3.63) is 66.4 Å². The van der Waals surface area contributed by atoms with Gasteiger partial charge in [0.15, 0.2) is 11.5 Å². The largest absolute Gasteiger partial charge is 0.339 e. The van der Waals surface area contributed by atoms with Crippen molar-refractivity contribution >= 4 is 28.6 Å². The summed E-state index contributed by atoms with van der Waals surface area (Å²) in [5.74, 6) is 0.438. The molecule has 31 heavy (non-hydrogen) atoms. The number of halogens is 1. The van der Waals surface area contributed by atoms with Crippen molar-refractivity contribution in [2.24, 2.45) is 0 Å². The molecule has 4 rings (SSSR count). The van der Waals surface area contributed by atoms with Crippen LogP contribution in [0.2, 0.25) is 0 Å². The fraction of sp³-hybridized carbons (Fsp3) is 0.304. The van der Waals surface area contributed by atoms with Crippen molar-refractivity contribution in [1.82, 2.24) is 24.7 Å². The predicted octanol–water partition coefficient (Wildman–Crippen LogP) is 5.89. The molecule has 1 N–H and O–H groups in total. The Hall–Kier alpha value is -3.00. The first-order valence-corrected chi connectivity index (χ1v) is 11.5. The number of nitrogens with zero attached hydrogens (tertiary/aromatic N) is 5. The molecule has 1 saturated carbocycles. The van der Waals surface area contributed by atoms with Crippen LogP contribution in [-0.2, 0) is 0 Å². The van der Waals surface area contributed by atoms with E-state index in [4.69, 9.17) is 9.97 Å². The van der Waals surface area contributed by atoms with Gasteiger partial charge in [0.25, 0.3) is 0 Å². The highest BCUT2D eigenvalue weighted by molar-refractivity contribution is 8.02. The topological polar surface area (TPSA) is 68.5 Å².